The lowest BCUT2D eigenvalue weighted by Crippen LogP contribution is -2.20. The topological polar surface area (TPSA) is 56.1 Å². The third-order valence-electron chi connectivity index (χ3n) is 2.76. The maximum absolute atomic E-state index is 11.7. The molecule has 0 aliphatic heterocycles. The van der Waals surface area contributed by atoms with Crippen molar-refractivity contribution in [1.82, 2.24) is 15.1 Å². The Morgan fingerprint density at radius 1 is 1.35 bits per heavy atom. The van der Waals surface area contributed by atoms with Crippen LogP contribution in [0.25, 0.3) is 6.08 Å². The lowest BCUT2D eigenvalue weighted by Gasteiger charge is -2.00. The Labute approximate surface area is 117 Å². The van der Waals surface area contributed by atoms with Crippen molar-refractivity contribution < 1.29 is 9.53 Å². The number of amides is 1. The van der Waals surface area contributed by atoms with Gasteiger partial charge in [-0.2, -0.15) is 5.10 Å². The molecule has 0 atom stereocenters. The molecule has 2 rings (SSSR count). The van der Waals surface area contributed by atoms with Gasteiger partial charge in [0.05, 0.1) is 19.3 Å². The minimum absolute atomic E-state index is 0.147. The number of carbonyl (C=O) groups is 1. The smallest absolute Gasteiger partial charge is 0.244 e. The molecule has 0 aliphatic rings. The Hall–Kier alpha value is -2.56. The van der Waals surface area contributed by atoms with Crippen LogP contribution in [0.15, 0.2) is 42.6 Å². The molecule has 0 bridgehead atoms. The Morgan fingerprint density at radius 3 is 2.70 bits per heavy atom. The van der Waals surface area contributed by atoms with E-state index in [2.05, 4.69) is 10.4 Å². The summed E-state index contributed by atoms with van der Waals surface area (Å²) < 4.78 is 6.78. The molecule has 1 N–H and O–H groups in total. The molecule has 1 aromatic carbocycles. The molecule has 0 radical (unpaired) electrons. The van der Waals surface area contributed by atoms with Crippen LogP contribution in [0, 0.1) is 0 Å². The monoisotopic (exact) mass is 271 g/mol. The predicted octanol–water partition coefficient (Wildman–Crippen LogP) is 1.76. The molecule has 5 heteroatoms. The summed E-state index contributed by atoms with van der Waals surface area (Å²) >= 11 is 0. The first-order valence-electron chi connectivity index (χ1n) is 6.26. The summed E-state index contributed by atoms with van der Waals surface area (Å²) in [5.74, 6) is 0.647. The second-order valence-electron chi connectivity index (χ2n) is 4.31. The van der Waals surface area contributed by atoms with Crippen LogP contribution in [-0.2, 0) is 18.4 Å². The Kier molecular flexibility index (Phi) is 4.55. The van der Waals surface area contributed by atoms with Crippen molar-refractivity contribution in [3.8, 4) is 5.75 Å². The second-order valence-corrected chi connectivity index (χ2v) is 4.31. The van der Waals surface area contributed by atoms with E-state index < -0.39 is 0 Å². The predicted molar refractivity (Wildman–Crippen MR) is 77.1 cm³/mol. The molecule has 0 aliphatic carbocycles. The fourth-order valence-corrected chi connectivity index (χ4v) is 1.68. The molecule has 0 unspecified atom stereocenters. The minimum atomic E-state index is -0.147. The minimum Gasteiger partial charge on any atom is -0.497 e. The highest BCUT2D eigenvalue weighted by Crippen LogP contribution is 2.12. The average Bonchev–Trinajstić information content (AvgIpc) is 2.89. The fraction of sp³-hybridized carbons (Fsp3) is 0.200. The van der Waals surface area contributed by atoms with E-state index in [-0.39, 0.29) is 5.91 Å². The third kappa shape index (κ3) is 3.98. The number of hydrogen-bond donors (Lipinski definition) is 1. The summed E-state index contributed by atoms with van der Waals surface area (Å²) in [5, 5.41) is 6.96. The van der Waals surface area contributed by atoms with Crippen LogP contribution in [0.4, 0.5) is 0 Å². The molecule has 1 amide bonds. The van der Waals surface area contributed by atoms with E-state index in [1.807, 2.05) is 43.6 Å². The van der Waals surface area contributed by atoms with Gasteiger partial charge in [0.2, 0.25) is 5.91 Å². The van der Waals surface area contributed by atoms with Gasteiger partial charge in [-0.1, -0.05) is 12.1 Å². The van der Waals surface area contributed by atoms with Crippen LogP contribution >= 0.6 is 0 Å². The average molecular weight is 271 g/mol. The number of ether oxygens (including phenoxy) is 1. The van der Waals surface area contributed by atoms with Crippen molar-refractivity contribution in [2.24, 2.45) is 7.05 Å². The zero-order valence-corrected chi connectivity index (χ0v) is 11.5. The number of methoxy groups -OCH3 is 1. The molecule has 0 fully saturated rings. The van der Waals surface area contributed by atoms with Gasteiger partial charge >= 0.3 is 0 Å². The van der Waals surface area contributed by atoms with Crippen LogP contribution < -0.4 is 10.1 Å². The lowest BCUT2D eigenvalue weighted by molar-refractivity contribution is -0.116. The van der Waals surface area contributed by atoms with Gasteiger partial charge in [0.1, 0.15) is 5.75 Å². The van der Waals surface area contributed by atoms with E-state index in [0.29, 0.717) is 6.54 Å². The van der Waals surface area contributed by atoms with E-state index in [0.717, 1.165) is 17.0 Å². The summed E-state index contributed by atoms with van der Waals surface area (Å²) in [7, 11) is 3.46. The van der Waals surface area contributed by atoms with Crippen molar-refractivity contribution in [2.45, 2.75) is 6.54 Å². The van der Waals surface area contributed by atoms with Crippen molar-refractivity contribution in [3.05, 3.63) is 53.9 Å². The molecule has 1 aromatic heterocycles. The third-order valence-corrected chi connectivity index (χ3v) is 2.76. The Balaban J connectivity index is 1.85. The summed E-state index contributed by atoms with van der Waals surface area (Å²) in [4.78, 5) is 11.7. The lowest BCUT2D eigenvalue weighted by atomic mass is 10.2. The molecular formula is C15H17N3O2. The highest BCUT2D eigenvalue weighted by atomic mass is 16.5. The standard InChI is InChI=1S/C15H17N3O2/c1-18-10-9-13(17-18)11-16-15(19)8-5-12-3-6-14(20-2)7-4-12/h3-10H,11H2,1-2H3,(H,16,19)/b8-5+. The van der Waals surface area contributed by atoms with Crippen LogP contribution in [0.5, 0.6) is 5.75 Å². The molecule has 104 valence electrons. The van der Waals surface area contributed by atoms with E-state index in [1.54, 1.807) is 17.9 Å². The fourth-order valence-electron chi connectivity index (χ4n) is 1.68. The van der Waals surface area contributed by atoms with Crippen LogP contribution in [-0.4, -0.2) is 22.8 Å². The van der Waals surface area contributed by atoms with E-state index in [1.165, 1.54) is 6.08 Å². The number of aryl methyl sites for hydroxylation is 1. The van der Waals surface area contributed by atoms with Gasteiger partial charge in [-0.3, -0.25) is 9.48 Å². The summed E-state index contributed by atoms with van der Waals surface area (Å²) in [6.07, 6.45) is 5.10. The van der Waals surface area contributed by atoms with Crippen LogP contribution in [0.1, 0.15) is 11.3 Å². The van der Waals surface area contributed by atoms with Gasteiger partial charge < -0.3 is 10.1 Å². The van der Waals surface area contributed by atoms with Gasteiger partial charge in [-0.15, -0.1) is 0 Å². The first kappa shape index (κ1) is 13.9. The zero-order chi connectivity index (χ0) is 14.4. The number of carbonyl (C=O) groups excluding carboxylic acids is 1. The largest absolute Gasteiger partial charge is 0.497 e. The second kappa shape index (κ2) is 6.56. The molecule has 5 nitrogen and oxygen atoms in total. The molecule has 2 aromatic rings. The normalized spacial score (nSPS) is 10.7. The summed E-state index contributed by atoms with van der Waals surface area (Å²) in [6, 6.07) is 9.35. The molecule has 0 saturated carbocycles. The Bertz CT molecular complexity index is 600. The van der Waals surface area contributed by atoms with Gasteiger partial charge in [0, 0.05) is 19.3 Å². The Morgan fingerprint density at radius 2 is 2.10 bits per heavy atom. The van der Waals surface area contributed by atoms with E-state index >= 15 is 0 Å². The van der Waals surface area contributed by atoms with Gasteiger partial charge in [-0.25, -0.2) is 0 Å². The van der Waals surface area contributed by atoms with Crippen molar-refractivity contribution >= 4 is 12.0 Å². The number of nitrogens with zero attached hydrogens (tertiary/aromatic N) is 2. The summed E-state index contributed by atoms with van der Waals surface area (Å²) in [6.45, 7) is 0.423. The first-order chi connectivity index (χ1) is 9.67. The van der Waals surface area contributed by atoms with Crippen molar-refractivity contribution in [3.63, 3.8) is 0 Å². The maximum Gasteiger partial charge on any atom is 0.244 e. The number of aromatic nitrogens is 2. The number of rotatable bonds is 5. The number of hydrogen-bond acceptors (Lipinski definition) is 3. The highest BCUT2D eigenvalue weighted by Gasteiger charge is 1.99. The molecule has 20 heavy (non-hydrogen) atoms. The van der Waals surface area contributed by atoms with Crippen LogP contribution in [0.3, 0.4) is 0 Å². The molecule has 0 saturated heterocycles. The van der Waals surface area contributed by atoms with Crippen molar-refractivity contribution in [1.29, 1.82) is 0 Å². The van der Waals surface area contributed by atoms with E-state index in [9.17, 15) is 4.79 Å². The number of benzene rings is 1. The maximum atomic E-state index is 11.7. The number of nitrogens with one attached hydrogen (secondary N) is 1. The molecule has 0 spiro atoms. The zero-order valence-electron chi connectivity index (χ0n) is 11.5. The van der Waals surface area contributed by atoms with Gasteiger partial charge in [0.15, 0.2) is 0 Å². The first-order valence-corrected chi connectivity index (χ1v) is 6.26. The highest BCUT2D eigenvalue weighted by molar-refractivity contribution is 5.91. The molecule has 1 heterocycles. The summed E-state index contributed by atoms with van der Waals surface area (Å²) in [5.41, 5.74) is 1.78. The quantitative estimate of drug-likeness (QED) is 0.843. The van der Waals surface area contributed by atoms with Crippen LogP contribution in [0.2, 0.25) is 0 Å². The van der Waals surface area contributed by atoms with Crippen molar-refractivity contribution in [2.75, 3.05) is 7.11 Å². The molecular weight excluding hydrogens is 254 g/mol. The van der Waals surface area contributed by atoms with Gasteiger partial charge in [-0.05, 0) is 29.8 Å². The SMILES string of the molecule is COc1ccc(/C=C/C(=O)NCc2ccn(C)n2)cc1. The van der Waals surface area contributed by atoms with Gasteiger partial charge in [0.25, 0.3) is 0 Å². The van der Waals surface area contributed by atoms with E-state index in [4.69, 9.17) is 4.74 Å².